The third kappa shape index (κ3) is 3.20. The Hall–Kier alpha value is -1.16. The van der Waals surface area contributed by atoms with E-state index >= 15 is 0 Å². The van der Waals surface area contributed by atoms with Gasteiger partial charge in [-0.05, 0) is 12.0 Å². The highest BCUT2D eigenvalue weighted by Gasteiger charge is 2.47. The van der Waals surface area contributed by atoms with E-state index in [0.29, 0.717) is 17.3 Å². The summed E-state index contributed by atoms with van der Waals surface area (Å²) in [6.07, 6.45) is 5.08. The van der Waals surface area contributed by atoms with Crippen LogP contribution in [0.3, 0.4) is 0 Å². The molecular weight excluding hydrogens is 280 g/mol. The van der Waals surface area contributed by atoms with Crippen LogP contribution in [0.1, 0.15) is 38.2 Å². The Labute approximate surface area is 131 Å². The van der Waals surface area contributed by atoms with Crippen molar-refractivity contribution >= 4 is 17.8 Å². The molecule has 0 aromatic heterocycles. The van der Waals surface area contributed by atoms with E-state index in [1.54, 1.807) is 0 Å². The predicted octanol–water partition coefficient (Wildman–Crippen LogP) is 3.64. The third-order valence-corrected chi connectivity index (χ3v) is 5.99. The van der Waals surface area contributed by atoms with E-state index in [1.807, 2.05) is 30.0 Å². The summed E-state index contributed by atoms with van der Waals surface area (Å²) in [4.78, 5) is 14.3. The molecule has 0 saturated carbocycles. The molecule has 0 aliphatic carbocycles. The summed E-state index contributed by atoms with van der Waals surface area (Å²) in [5.74, 6) is 1.07. The number of amides is 2. The lowest BCUT2D eigenvalue weighted by Gasteiger charge is -2.27. The van der Waals surface area contributed by atoms with Gasteiger partial charge in [0.05, 0.1) is 12.1 Å². The van der Waals surface area contributed by atoms with E-state index in [0.717, 1.165) is 12.3 Å². The van der Waals surface area contributed by atoms with E-state index in [4.69, 9.17) is 0 Å². The van der Waals surface area contributed by atoms with Gasteiger partial charge in [-0.15, -0.1) is 0 Å². The molecule has 3 atom stereocenters. The first-order chi connectivity index (χ1) is 10.3. The Morgan fingerprint density at radius 2 is 2.10 bits per heavy atom. The molecule has 0 radical (unpaired) electrons. The minimum Gasteiger partial charge on any atom is -0.332 e. The predicted molar refractivity (Wildman–Crippen MR) is 88.5 cm³/mol. The molecule has 2 heterocycles. The third-order valence-electron chi connectivity index (χ3n) is 4.50. The molecule has 114 valence electrons. The number of nitrogens with zero attached hydrogens (tertiary/aromatic N) is 1. The molecule has 1 N–H and O–H groups in total. The van der Waals surface area contributed by atoms with Gasteiger partial charge in [0.2, 0.25) is 0 Å². The molecule has 0 spiro atoms. The fourth-order valence-corrected chi connectivity index (χ4v) is 5.01. The topological polar surface area (TPSA) is 32.3 Å². The lowest BCUT2D eigenvalue weighted by molar-refractivity contribution is 0.197. The van der Waals surface area contributed by atoms with Crippen LogP contribution < -0.4 is 5.32 Å². The van der Waals surface area contributed by atoms with Crippen LogP contribution >= 0.6 is 11.8 Å². The van der Waals surface area contributed by atoms with E-state index in [-0.39, 0.29) is 6.03 Å². The minimum atomic E-state index is 0.120. The Morgan fingerprint density at radius 3 is 2.86 bits per heavy atom. The first-order valence-electron chi connectivity index (χ1n) is 8.02. The molecule has 2 amide bonds. The zero-order chi connectivity index (χ0) is 14.7. The van der Waals surface area contributed by atoms with Crippen molar-refractivity contribution in [2.75, 3.05) is 5.75 Å². The van der Waals surface area contributed by atoms with Gasteiger partial charge in [-0.1, -0.05) is 56.5 Å². The van der Waals surface area contributed by atoms with Crippen LogP contribution in [0, 0.1) is 0 Å². The highest BCUT2D eigenvalue weighted by Crippen LogP contribution is 2.38. The second-order valence-corrected chi connectivity index (χ2v) is 7.30. The van der Waals surface area contributed by atoms with Gasteiger partial charge in [-0.25, -0.2) is 4.79 Å². The second-order valence-electron chi connectivity index (χ2n) is 6.03. The average Bonchev–Trinajstić information content (AvgIpc) is 3.02. The summed E-state index contributed by atoms with van der Waals surface area (Å²) in [7, 11) is 0. The number of unbranched alkanes of at least 4 members (excludes halogenated alkanes) is 2. The van der Waals surface area contributed by atoms with Crippen LogP contribution in [0.15, 0.2) is 30.3 Å². The van der Waals surface area contributed by atoms with Crippen LogP contribution in [0.5, 0.6) is 0 Å². The summed E-state index contributed by atoms with van der Waals surface area (Å²) >= 11 is 2.04. The van der Waals surface area contributed by atoms with Crippen LogP contribution in [0.25, 0.3) is 0 Å². The number of urea groups is 1. The van der Waals surface area contributed by atoms with E-state index < -0.39 is 0 Å². The Kier molecular flexibility index (Phi) is 4.73. The maximum absolute atomic E-state index is 12.3. The SMILES string of the molecule is CCCCC[C@@H]1SC[C@@H]2NC(=O)N(Cc3ccccc3)[C@@H]21. The Morgan fingerprint density at radius 1 is 1.29 bits per heavy atom. The Bertz CT molecular complexity index is 479. The second kappa shape index (κ2) is 6.73. The molecular formula is C17H24N2OS. The lowest BCUT2D eigenvalue weighted by atomic mass is 10.0. The summed E-state index contributed by atoms with van der Waals surface area (Å²) in [5.41, 5.74) is 1.22. The van der Waals surface area contributed by atoms with Crippen LogP contribution in [0.2, 0.25) is 0 Å². The van der Waals surface area contributed by atoms with Crippen LogP contribution in [-0.4, -0.2) is 34.0 Å². The number of hydrogen-bond acceptors (Lipinski definition) is 2. The molecule has 2 saturated heterocycles. The van der Waals surface area contributed by atoms with Crippen molar-refractivity contribution in [1.82, 2.24) is 10.2 Å². The maximum Gasteiger partial charge on any atom is 0.318 e. The molecule has 21 heavy (non-hydrogen) atoms. The fraction of sp³-hybridized carbons (Fsp3) is 0.588. The summed E-state index contributed by atoms with van der Waals surface area (Å²) in [5, 5.41) is 3.77. The molecule has 0 bridgehead atoms. The zero-order valence-corrected chi connectivity index (χ0v) is 13.4. The van der Waals surface area contributed by atoms with Crippen molar-refractivity contribution in [3.8, 4) is 0 Å². The van der Waals surface area contributed by atoms with E-state index in [2.05, 4.69) is 29.3 Å². The van der Waals surface area contributed by atoms with Gasteiger partial charge in [-0.3, -0.25) is 0 Å². The molecule has 3 rings (SSSR count). The summed E-state index contributed by atoms with van der Waals surface area (Å²) in [6.45, 7) is 2.98. The quantitative estimate of drug-likeness (QED) is 0.643. The number of carbonyl (C=O) groups is 1. The molecule has 2 aliphatic heterocycles. The number of carbonyl (C=O) groups excluding carboxylic acids is 1. The van der Waals surface area contributed by atoms with Gasteiger partial charge >= 0.3 is 6.03 Å². The molecule has 4 heteroatoms. The van der Waals surface area contributed by atoms with Crippen molar-refractivity contribution in [3.05, 3.63) is 35.9 Å². The van der Waals surface area contributed by atoms with E-state index in [1.165, 1.54) is 31.2 Å². The highest BCUT2D eigenvalue weighted by atomic mass is 32.2. The summed E-state index contributed by atoms with van der Waals surface area (Å²) < 4.78 is 0. The van der Waals surface area contributed by atoms with Crippen molar-refractivity contribution in [1.29, 1.82) is 0 Å². The number of fused-ring (bicyclic) bond motifs is 1. The highest BCUT2D eigenvalue weighted by molar-refractivity contribution is 8.00. The number of benzene rings is 1. The number of thioether (sulfide) groups is 1. The van der Waals surface area contributed by atoms with Crippen LogP contribution in [0.4, 0.5) is 4.79 Å². The molecule has 0 unspecified atom stereocenters. The van der Waals surface area contributed by atoms with Crippen molar-refractivity contribution in [3.63, 3.8) is 0 Å². The normalized spacial score (nSPS) is 27.8. The van der Waals surface area contributed by atoms with Gasteiger partial charge in [-0.2, -0.15) is 11.8 Å². The van der Waals surface area contributed by atoms with Gasteiger partial charge in [0.25, 0.3) is 0 Å². The van der Waals surface area contributed by atoms with Gasteiger partial charge < -0.3 is 10.2 Å². The molecule has 2 fully saturated rings. The standard InChI is InChI=1S/C17H24N2OS/c1-2-3-5-10-15-16-14(12-21-15)18-17(20)19(16)11-13-8-6-4-7-9-13/h4,6-9,14-16H,2-3,5,10-12H2,1H3,(H,18,20)/t14-,15-,16-/m0/s1. The Balaban J connectivity index is 1.68. The fourth-order valence-electron chi connectivity index (χ4n) is 3.41. The van der Waals surface area contributed by atoms with Gasteiger partial charge in [0, 0.05) is 17.5 Å². The van der Waals surface area contributed by atoms with E-state index in [9.17, 15) is 4.79 Å². The number of nitrogens with one attached hydrogen (secondary N) is 1. The van der Waals surface area contributed by atoms with Gasteiger partial charge in [0.1, 0.15) is 0 Å². The van der Waals surface area contributed by atoms with Crippen LogP contribution in [-0.2, 0) is 6.54 Å². The van der Waals surface area contributed by atoms with Crippen molar-refractivity contribution in [2.45, 2.75) is 56.5 Å². The van der Waals surface area contributed by atoms with Crippen molar-refractivity contribution in [2.24, 2.45) is 0 Å². The number of rotatable bonds is 6. The molecule has 1 aromatic rings. The molecule has 2 aliphatic rings. The summed E-state index contributed by atoms with van der Waals surface area (Å²) in [6, 6.07) is 11.2. The first kappa shape index (κ1) is 14.8. The number of hydrogen-bond donors (Lipinski definition) is 1. The maximum atomic E-state index is 12.3. The first-order valence-corrected chi connectivity index (χ1v) is 9.07. The molecule has 1 aromatic carbocycles. The van der Waals surface area contributed by atoms with Gasteiger partial charge in [0.15, 0.2) is 0 Å². The average molecular weight is 304 g/mol. The molecule has 3 nitrogen and oxygen atoms in total. The monoisotopic (exact) mass is 304 g/mol. The smallest absolute Gasteiger partial charge is 0.318 e. The lowest BCUT2D eigenvalue weighted by Crippen LogP contribution is -2.40. The van der Waals surface area contributed by atoms with Crippen molar-refractivity contribution < 1.29 is 4.79 Å². The largest absolute Gasteiger partial charge is 0.332 e. The zero-order valence-electron chi connectivity index (χ0n) is 12.6. The minimum absolute atomic E-state index is 0.120.